The van der Waals surface area contributed by atoms with E-state index in [1.54, 1.807) is 7.05 Å². The van der Waals surface area contributed by atoms with Crippen LogP contribution in [0.2, 0.25) is 0 Å². The zero-order valence-corrected chi connectivity index (χ0v) is 7.14. The Morgan fingerprint density at radius 3 is 2.73 bits per heavy atom. The molecule has 3 nitrogen and oxygen atoms in total. The van der Waals surface area contributed by atoms with Crippen LogP contribution < -0.4 is 5.32 Å². The van der Waals surface area contributed by atoms with Crippen molar-refractivity contribution in [3.05, 3.63) is 12.3 Å². The second kappa shape index (κ2) is 5.77. The minimum Gasteiger partial charge on any atom is -0.461 e. The van der Waals surface area contributed by atoms with Crippen LogP contribution in [0.15, 0.2) is 12.3 Å². The van der Waals surface area contributed by atoms with Gasteiger partial charge in [-0.2, -0.15) is 0 Å². The zero-order chi connectivity index (χ0) is 8.69. The highest BCUT2D eigenvalue weighted by atomic mass is 16.5. The standard InChI is InChI=1S/C8H15NO2/c1-4-5-6-11-8(10)7(2)9-3/h9H,2,4-6H2,1,3H3. The molecule has 0 radical (unpaired) electrons. The third-order valence-corrected chi connectivity index (χ3v) is 1.28. The second-order valence-electron chi connectivity index (χ2n) is 2.22. The van der Waals surface area contributed by atoms with Gasteiger partial charge in [-0.25, -0.2) is 4.79 Å². The van der Waals surface area contributed by atoms with Gasteiger partial charge in [-0.3, -0.25) is 0 Å². The third kappa shape index (κ3) is 4.42. The largest absolute Gasteiger partial charge is 0.461 e. The number of rotatable bonds is 5. The summed E-state index contributed by atoms with van der Waals surface area (Å²) in [5.74, 6) is -0.360. The van der Waals surface area contributed by atoms with Crippen LogP contribution in [0.1, 0.15) is 19.8 Å². The number of carbonyl (C=O) groups is 1. The third-order valence-electron chi connectivity index (χ3n) is 1.28. The fraction of sp³-hybridized carbons (Fsp3) is 0.625. The van der Waals surface area contributed by atoms with Gasteiger partial charge in [-0.1, -0.05) is 19.9 Å². The minimum absolute atomic E-state index is 0.307. The minimum atomic E-state index is -0.360. The second-order valence-corrected chi connectivity index (χ2v) is 2.22. The van der Waals surface area contributed by atoms with E-state index in [4.69, 9.17) is 4.74 Å². The first-order valence-corrected chi connectivity index (χ1v) is 3.76. The molecule has 0 saturated carbocycles. The van der Waals surface area contributed by atoms with E-state index in [2.05, 4.69) is 11.9 Å². The van der Waals surface area contributed by atoms with Gasteiger partial charge in [-0.15, -0.1) is 0 Å². The first-order chi connectivity index (χ1) is 5.22. The molecule has 0 spiro atoms. The highest BCUT2D eigenvalue weighted by Crippen LogP contribution is 1.92. The molecule has 0 aliphatic rings. The van der Waals surface area contributed by atoms with E-state index in [9.17, 15) is 4.79 Å². The Morgan fingerprint density at radius 2 is 2.27 bits per heavy atom. The number of hydrogen-bond acceptors (Lipinski definition) is 3. The van der Waals surface area contributed by atoms with E-state index in [-0.39, 0.29) is 5.97 Å². The Kier molecular flexibility index (Phi) is 5.25. The molecule has 1 N–H and O–H groups in total. The van der Waals surface area contributed by atoms with Crippen molar-refractivity contribution in [2.75, 3.05) is 13.7 Å². The summed E-state index contributed by atoms with van der Waals surface area (Å²) in [5.41, 5.74) is 0.307. The summed E-state index contributed by atoms with van der Waals surface area (Å²) in [6.07, 6.45) is 1.93. The molecule has 0 heterocycles. The molecule has 3 heteroatoms. The van der Waals surface area contributed by atoms with Crippen LogP contribution in [0.4, 0.5) is 0 Å². The Hall–Kier alpha value is -0.990. The number of nitrogens with one attached hydrogen (secondary N) is 1. The van der Waals surface area contributed by atoms with E-state index in [0.29, 0.717) is 12.3 Å². The van der Waals surface area contributed by atoms with E-state index in [1.165, 1.54) is 0 Å². The summed E-state index contributed by atoms with van der Waals surface area (Å²) >= 11 is 0. The van der Waals surface area contributed by atoms with Crippen molar-refractivity contribution >= 4 is 5.97 Å². The van der Waals surface area contributed by atoms with E-state index >= 15 is 0 Å². The topological polar surface area (TPSA) is 38.3 Å². The monoisotopic (exact) mass is 157 g/mol. The first kappa shape index (κ1) is 10.0. The number of likely N-dealkylation sites (N-methyl/N-ethyl adjacent to an activating group) is 1. The highest BCUT2D eigenvalue weighted by molar-refractivity contribution is 5.86. The number of ether oxygens (including phenoxy) is 1. The predicted molar refractivity (Wildman–Crippen MR) is 44.1 cm³/mol. The molecule has 11 heavy (non-hydrogen) atoms. The SMILES string of the molecule is C=C(NC)C(=O)OCCCC. The van der Waals surface area contributed by atoms with Crippen LogP contribution >= 0.6 is 0 Å². The lowest BCUT2D eigenvalue weighted by atomic mass is 10.4. The molecule has 0 aliphatic heterocycles. The van der Waals surface area contributed by atoms with Gasteiger partial charge in [0.2, 0.25) is 0 Å². The quantitative estimate of drug-likeness (QED) is 0.368. The summed E-state index contributed by atoms with van der Waals surface area (Å²) in [6.45, 7) is 5.99. The molecular formula is C8H15NO2. The first-order valence-electron chi connectivity index (χ1n) is 3.76. The Morgan fingerprint density at radius 1 is 1.64 bits per heavy atom. The summed E-state index contributed by atoms with van der Waals surface area (Å²) in [7, 11) is 1.64. The summed E-state index contributed by atoms with van der Waals surface area (Å²) in [6, 6.07) is 0. The molecule has 0 aliphatic carbocycles. The van der Waals surface area contributed by atoms with Gasteiger partial charge in [0.05, 0.1) is 6.61 Å². The van der Waals surface area contributed by atoms with Crippen LogP contribution in [0.5, 0.6) is 0 Å². The van der Waals surface area contributed by atoms with Gasteiger partial charge in [0.15, 0.2) is 0 Å². The molecule has 0 amide bonds. The van der Waals surface area contributed by atoms with E-state index in [0.717, 1.165) is 12.8 Å². The summed E-state index contributed by atoms with van der Waals surface area (Å²) in [4.78, 5) is 10.9. The fourth-order valence-electron chi connectivity index (χ4n) is 0.498. The Balaban J connectivity index is 3.44. The number of hydrogen-bond donors (Lipinski definition) is 1. The van der Waals surface area contributed by atoms with Crippen molar-refractivity contribution in [1.29, 1.82) is 0 Å². The van der Waals surface area contributed by atoms with Crippen LogP contribution in [0, 0.1) is 0 Å². The Labute approximate surface area is 67.4 Å². The predicted octanol–water partition coefficient (Wildman–Crippen LogP) is 1.06. The molecule has 0 unspecified atom stereocenters. The smallest absolute Gasteiger partial charge is 0.353 e. The van der Waals surface area contributed by atoms with Gasteiger partial charge in [-0.05, 0) is 6.42 Å². The molecule has 0 atom stereocenters. The number of carbonyl (C=O) groups excluding carboxylic acids is 1. The maximum absolute atomic E-state index is 10.9. The lowest BCUT2D eigenvalue weighted by Crippen LogP contribution is -2.17. The van der Waals surface area contributed by atoms with Gasteiger partial charge in [0.1, 0.15) is 5.70 Å². The van der Waals surface area contributed by atoms with Crippen LogP contribution in [-0.2, 0) is 9.53 Å². The molecule has 0 rings (SSSR count). The van der Waals surface area contributed by atoms with E-state index in [1.807, 2.05) is 6.92 Å². The van der Waals surface area contributed by atoms with Crippen LogP contribution in [-0.4, -0.2) is 19.6 Å². The molecule has 0 bridgehead atoms. The maximum atomic E-state index is 10.9. The zero-order valence-electron chi connectivity index (χ0n) is 7.14. The maximum Gasteiger partial charge on any atom is 0.353 e. The molecule has 0 fully saturated rings. The van der Waals surface area contributed by atoms with Gasteiger partial charge in [0, 0.05) is 7.05 Å². The van der Waals surface area contributed by atoms with Crippen molar-refractivity contribution in [1.82, 2.24) is 5.32 Å². The normalized spacial score (nSPS) is 8.91. The lowest BCUT2D eigenvalue weighted by molar-refractivity contribution is -0.139. The van der Waals surface area contributed by atoms with Crippen molar-refractivity contribution in [3.63, 3.8) is 0 Å². The molecule has 64 valence electrons. The number of unbranched alkanes of at least 4 members (excludes halogenated alkanes) is 1. The fourth-order valence-corrected chi connectivity index (χ4v) is 0.498. The molecular weight excluding hydrogens is 142 g/mol. The average Bonchev–Trinajstić information content (AvgIpc) is 2.03. The van der Waals surface area contributed by atoms with Gasteiger partial charge in [0.25, 0.3) is 0 Å². The van der Waals surface area contributed by atoms with Crippen molar-refractivity contribution in [2.24, 2.45) is 0 Å². The summed E-state index contributed by atoms with van der Waals surface area (Å²) < 4.78 is 4.83. The number of esters is 1. The van der Waals surface area contributed by atoms with Crippen molar-refractivity contribution in [2.45, 2.75) is 19.8 Å². The van der Waals surface area contributed by atoms with Crippen LogP contribution in [0.25, 0.3) is 0 Å². The highest BCUT2D eigenvalue weighted by Gasteiger charge is 2.04. The van der Waals surface area contributed by atoms with Gasteiger partial charge < -0.3 is 10.1 Å². The van der Waals surface area contributed by atoms with E-state index < -0.39 is 0 Å². The summed E-state index contributed by atoms with van der Waals surface area (Å²) in [5, 5.41) is 2.62. The molecule has 0 aromatic heterocycles. The lowest BCUT2D eigenvalue weighted by Gasteiger charge is -2.04. The Bertz CT molecular complexity index is 143. The van der Waals surface area contributed by atoms with Crippen molar-refractivity contribution < 1.29 is 9.53 Å². The molecule has 0 aromatic rings. The molecule has 0 aromatic carbocycles. The van der Waals surface area contributed by atoms with Crippen molar-refractivity contribution in [3.8, 4) is 0 Å². The van der Waals surface area contributed by atoms with Gasteiger partial charge >= 0.3 is 5.97 Å². The molecule has 0 saturated heterocycles. The van der Waals surface area contributed by atoms with Crippen LogP contribution in [0.3, 0.4) is 0 Å². The average molecular weight is 157 g/mol.